The Labute approximate surface area is 152 Å². The molecular formula is C18H24F3NO3S. The molecule has 2 aliphatic carbocycles. The van der Waals surface area contributed by atoms with Crippen LogP contribution in [0.25, 0.3) is 0 Å². The van der Waals surface area contributed by atoms with Gasteiger partial charge < -0.3 is 4.74 Å². The molecule has 1 aromatic carbocycles. The average molecular weight is 391 g/mol. The number of alkyl halides is 3. The second-order valence-electron chi connectivity index (χ2n) is 7.30. The summed E-state index contributed by atoms with van der Waals surface area (Å²) in [4.78, 5) is 0. The predicted molar refractivity (Wildman–Crippen MR) is 92.6 cm³/mol. The minimum atomic E-state index is -4.74. The lowest BCUT2D eigenvalue weighted by molar-refractivity contribution is -0.106. The van der Waals surface area contributed by atoms with Gasteiger partial charge in [0, 0.05) is 12.0 Å². The summed E-state index contributed by atoms with van der Waals surface area (Å²) in [5, 5.41) is 0. The number of benzene rings is 1. The molecule has 1 aromatic rings. The Morgan fingerprint density at radius 2 is 1.69 bits per heavy atom. The highest BCUT2D eigenvalue weighted by Crippen LogP contribution is 2.40. The maximum Gasteiger partial charge on any atom is 0.404 e. The molecule has 0 radical (unpaired) electrons. The molecule has 0 aromatic heterocycles. The zero-order chi connectivity index (χ0) is 18.8. The predicted octanol–water partition coefficient (Wildman–Crippen LogP) is 3.98. The monoisotopic (exact) mass is 391 g/mol. The van der Waals surface area contributed by atoms with Gasteiger partial charge in [0.2, 0.25) is 10.0 Å². The third-order valence-corrected chi connectivity index (χ3v) is 6.36. The summed E-state index contributed by atoms with van der Waals surface area (Å²) in [7, 11) is -4.39. The van der Waals surface area contributed by atoms with E-state index in [4.69, 9.17) is 4.74 Å². The van der Waals surface area contributed by atoms with Crippen molar-refractivity contribution in [3.05, 3.63) is 29.8 Å². The van der Waals surface area contributed by atoms with Crippen molar-refractivity contribution in [1.82, 2.24) is 4.72 Å². The second-order valence-corrected chi connectivity index (χ2v) is 9.05. The first kappa shape index (κ1) is 19.5. The third-order valence-electron chi connectivity index (χ3n) is 4.99. The fourth-order valence-corrected chi connectivity index (χ4v) is 4.79. The van der Waals surface area contributed by atoms with E-state index in [1.165, 1.54) is 18.4 Å². The minimum absolute atomic E-state index is 0.130. The van der Waals surface area contributed by atoms with Gasteiger partial charge in [0.25, 0.3) is 0 Å². The lowest BCUT2D eigenvalue weighted by atomic mass is 9.86. The van der Waals surface area contributed by atoms with E-state index in [0.29, 0.717) is 24.7 Å². The molecule has 0 unspecified atom stereocenters. The summed E-state index contributed by atoms with van der Waals surface area (Å²) in [5.41, 5.74) is 1.30. The Morgan fingerprint density at radius 3 is 2.31 bits per heavy atom. The topological polar surface area (TPSA) is 55.4 Å². The van der Waals surface area contributed by atoms with Crippen LogP contribution in [0.4, 0.5) is 13.2 Å². The number of rotatable bonds is 7. The van der Waals surface area contributed by atoms with Gasteiger partial charge >= 0.3 is 6.18 Å². The molecule has 0 aliphatic heterocycles. The molecule has 2 aliphatic rings. The Bertz CT molecular complexity index is 699. The van der Waals surface area contributed by atoms with Gasteiger partial charge in [-0.25, -0.2) is 13.1 Å². The van der Waals surface area contributed by atoms with Gasteiger partial charge in [-0.2, -0.15) is 13.2 Å². The maximum atomic E-state index is 12.4. The van der Waals surface area contributed by atoms with E-state index in [-0.39, 0.29) is 5.92 Å². The van der Waals surface area contributed by atoms with Crippen LogP contribution < -0.4 is 9.46 Å². The molecule has 0 amide bonds. The van der Waals surface area contributed by atoms with Crippen molar-refractivity contribution in [3.8, 4) is 5.75 Å². The van der Waals surface area contributed by atoms with Gasteiger partial charge in [-0.05, 0) is 49.3 Å². The smallest absolute Gasteiger partial charge is 0.404 e. The van der Waals surface area contributed by atoms with Crippen molar-refractivity contribution in [2.75, 3.05) is 12.4 Å². The van der Waals surface area contributed by atoms with Crippen LogP contribution in [0.2, 0.25) is 0 Å². The summed E-state index contributed by atoms with van der Waals surface area (Å²) >= 11 is 0. The quantitative estimate of drug-likeness (QED) is 0.765. The van der Waals surface area contributed by atoms with Crippen molar-refractivity contribution in [1.29, 1.82) is 0 Å². The normalized spacial score (nSPS) is 24.4. The molecule has 0 heterocycles. The number of ether oxygens (including phenoxy) is 1. The molecule has 0 saturated heterocycles. The molecule has 2 saturated carbocycles. The second kappa shape index (κ2) is 7.76. The molecule has 1 N–H and O–H groups in total. The van der Waals surface area contributed by atoms with E-state index < -0.39 is 28.0 Å². The molecule has 2 atom stereocenters. The fourth-order valence-electron chi connectivity index (χ4n) is 3.51. The Balaban J connectivity index is 1.56. The fraction of sp³-hybridized carbons (Fsp3) is 0.667. The first-order valence-corrected chi connectivity index (χ1v) is 10.7. The number of halogens is 3. The Kier molecular flexibility index (Phi) is 5.81. The zero-order valence-corrected chi connectivity index (χ0v) is 15.3. The molecule has 4 nitrogen and oxygen atoms in total. The Morgan fingerprint density at radius 1 is 1.04 bits per heavy atom. The van der Waals surface area contributed by atoms with E-state index in [2.05, 4.69) is 4.72 Å². The van der Waals surface area contributed by atoms with Crippen LogP contribution in [0.1, 0.15) is 50.0 Å². The summed E-state index contributed by atoms with van der Waals surface area (Å²) < 4.78 is 68.8. The first-order valence-electron chi connectivity index (χ1n) is 9.01. The van der Waals surface area contributed by atoms with E-state index in [1.807, 2.05) is 24.3 Å². The number of hydrogen-bond acceptors (Lipinski definition) is 3. The minimum Gasteiger partial charge on any atom is -0.493 e. The largest absolute Gasteiger partial charge is 0.493 e. The van der Waals surface area contributed by atoms with E-state index in [1.54, 1.807) is 0 Å². The maximum absolute atomic E-state index is 12.4. The van der Waals surface area contributed by atoms with Crippen molar-refractivity contribution in [2.24, 2.45) is 5.92 Å². The van der Waals surface area contributed by atoms with Crippen LogP contribution in [0.5, 0.6) is 5.75 Å². The lowest BCUT2D eigenvalue weighted by Gasteiger charge is -2.32. The van der Waals surface area contributed by atoms with Gasteiger partial charge in [0.15, 0.2) is 5.75 Å². The summed E-state index contributed by atoms with van der Waals surface area (Å²) in [6.45, 7) is 0.294. The number of nitrogens with one attached hydrogen (secondary N) is 1. The highest BCUT2D eigenvalue weighted by molar-refractivity contribution is 7.89. The molecule has 8 heteroatoms. The van der Waals surface area contributed by atoms with Gasteiger partial charge in [-0.15, -0.1) is 0 Å². The van der Waals surface area contributed by atoms with Gasteiger partial charge in [0.1, 0.15) is 5.75 Å². The van der Waals surface area contributed by atoms with Gasteiger partial charge in [-0.1, -0.05) is 25.0 Å². The van der Waals surface area contributed by atoms with Crippen molar-refractivity contribution in [2.45, 2.75) is 56.7 Å². The molecule has 0 spiro atoms. The van der Waals surface area contributed by atoms with E-state index >= 15 is 0 Å². The van der Waals surface area contributed by atoms with Crippen molar-refractivity contribution in [3.63, 3.8) is 0 Å². The molecular weight excluding hydrogens is 367 g/mol. The third kappa shape index (κ3) is 5.87. The van der Waals surface area contributed by atoms with Gasteiger partial charge in [-0.3, -0.25) is 0 Å². The highest BCUT2D eigenvalue weighted by atomic mass is 32.2. The number of sulfonamides is 1. The van der Waals surface area contributed by atoms with Gasteiger partial charge in [0.05, 0.1) is 6.61 Å². The zero-order valence-electron chi connectivity index (χ0n) is 14.5. The summed E-state index contributed by atoms with van der Waals surface area (Å²) in [5.74, 6) is -0.603. The molecule has 26 heavy (non-hydrogen) atoms. The molecule has 3 rings (SSSR count). The lowest BCUT2D eigenvalue weighted by Crippen LogP contribution is -2.46. The van der Waals surface area contributed by atoms with Crippen LogP contribution in [-0.4, -0.2) is 33.0 Å². The molecule has 146 valence electrons. The van der Waals surface area contributed by atoms with E-state index in [0.717, 1.165) is 19.3 Å². The standard InChI is InChI=1S/C18H24F3NO3S/c19-18(20,21)12-26(23,24)22-17-4-2-1-3-15(17)11-25-16-9-7-14(8-10-16)13-5-6-13/h7-10,13,15,17,22H,1-6,11-12H2/t15-,17+/m0/s1. The van der Waals surface area contributed by atoms with Crippen LogP contribution in [0.15, 0.2) is 24.3 Å². The average Bonchev–Trinajstić information content (AvgIpc) is 3.37. The van der Waals surface area contributed by atoms with Crippen molar-refractivity contribution < 1.29 is 26.3 Å². The van der Waals surface area contributed by atoms with Crippen LogP contribution in [-0.2, 0) is 10.0 Å². The van der Waals surface area contributed by atoms with Crippen LogP contribution in [0.3, 0.4) is 0 Å². The summed E-state index contributed by atoms with van der Waals surface area (Å²) in [6.07, 6.45) is 0.697. The summed E-state index contributed by atoms with van der Waals surface area (Å²) in [6, 6.07) is 7.37. The van der Waals surface area contributed by atoms with Crippen molar-refractivity contribution >= 4 is 10.0 Å². The SMILES string of the molecule is O=S(=O)(CC(F)(F)F)N[C@@H]1CCCC[C@H]1COc1ccc(C2CC2)cc1. The first-order chi connectivity index (χ1) is 12.2. The van der Waals surface area contributed by atoms with E-state index in [9.17, 15) is 21.6 Å². The van der Waals surface area contributed by atoms with Crippen LogP contribution >= 0.6 is 0 Å². The highest BCUT2D eigenvalue weighted by Gasteiger charge is 2.38. The Hall–Kier alpha value is -1.28. The van der Waals surface area contributed by atoms with Crippen LogP contribution in [0, 0.1) is 5.92 Å². The number of hydrogen-bond donors (Lipinski definition) is 1. The molecule has 0 bridgehead atoms. The molecule has 2 fully saturated rings.